The molecule has 0 atom stereocenters. The Hall–Kier alpha value is -2.11. The number of hydrogen-bond acceptors (Lipinski definition) is 15. The van der Waals surface area contributed by atoms with Gasteiger partial charge in [-0.3, -0.25) is 0 Å². The van der Waals surface area contributed by atoms with Crippen LogP contribution in [0.25, 0.3) is 20.9 Å². The second kappa shape index (κ2) is 48.3. The highest BCUT2D eigenvalue weighted by Gasteiger charge is 1.99. The number of carboxylic acids is 1. The first-order valence-corrected chi connectivity index (χ1v) is 16.7. The van der Waals surface area contributed by atoms with Crippen LogP contribution in [-0.2, 0) is 61.7 Å². The van der Waals surface area contributed by atoms with Crippen molar-refractivity contribution < 1.29 is 66.8 Å². The van der Waals surface area contributed by atoms with Crippen LogP contribution in [0.2, 0.25) is 0 Å². The molecule has 0 saturated carbocycles. The van der Waals surface area contributed by atoms with Crippen molar-refractivity contribution in [3.8, 4) is 0 Å². The molecule has 0 spiro atoms. The van der Waals surface area contributed by atoms with E-state index in [9.17, 15) is 9.59 Å². The fraction of sp³-hybridized carbons (Fsp3) is 0.923. The van der Waals surface area contributed by atoms with E-state index >= 15 is 0 Å². The number of alkyl halides is 1. The first-order valence-electron chi connectivity index (χ1n) is 14.5. The summed E-state index contributed by atoms with van der Waals surface area (Å²) in [6.07, 6.45) is 0. The van der Waals surface area contributed by atoms with E-state index in [4.69, 9.17) is 63.5 Å². The monoisotopic (exact) mass is 798 g/mol. The minimum Gasteiger partial charge on any atom is -0.480 e. The van der Waals surface area contributed by atoms with Crippen molar-refractivity contribution in [3.63, 3.8) is 0 Å². The number of aliphatic carboxylic acids is 1. The second-order valence-electron chi connectivity index (χ2n) is 7.88. The molecule has 21 heteroatoms. The molecule has 0 aromatic heterocycles. The molecule has 0 heterocycles. The summed E-state index contributed by atoms with van der Waals surface area (Å²) >= 11 is 2.15. The van der Waals surface area contributed by atoms with Crippen molar-refractivity contribution in [2.24, 2.45) is 10.2 Å². The number of rotatable bonds is 34. The van der Waals surface area contributed by atoms with E-state index in [0.717, 1.165) is 0 Å². The smallest absolute Gasteiger partial charge is 0.331 e. The van der Waals surface area contributed by atoms with E-state index in [-0.39, 0.29) is 19.8 Å². The first kappa shape index (κ1) is 49.3. The van der Waals surface area contributed by atoms with Crippen LogP contribution in [0.5, 0.6) is 0 Å². The number of ether oxygens (including phenoxy) is 11. The second-order valence-corrected chi connectivity index (χ2v) is 7.88. The molecule has 0 unspecified atom stereocenters. The molecule has 0 bridgehead atoms. The molecule has 47 heavy (non-hydrogen) atoms. The maximum absolute atomic E-state index is 10.7. The zero-order valence-corrected chi connectivity index (χ0v) is 29.5. The van der Waals surface area contributed by atoms with Gasteiger partial charge in [-0.25, -0.2) is 9.59 Å². The Balaban J connectivity index is -0.000000783. The van der Waals surface area contributed by atoms with Crippen LogP contribution < -0.4 is 0 Å². The van der Waals surface area contributed by atoms with Crippen molar-refractivity contribution in [1.29, 1.82) is 0 Å². The van der Waals surface area contributed by atoms with Gasteiger partial charge in [0.15, 0.2) is 0 Å². The molecule has 0 radical (unpaired) electrons. The van der Waals surface area contributed by atoms with Crippen molar-refractivity contribution in [2.75, 3.05) is 157 Å². The third-order valence-corrected chi connectivity index (χ3v) is 4.45. The highest BCUT2D eigenvalue weighted by Crippen LogP contribution is 1.86. The first-order chi connectivity index (χ1) is 23.1. The Morgan fingerprint density at radius 1 is 0.511 bits per heavy atom. The summed E-state index contributed by atoms with van der Waals surface area (Å²) in [6.45, 7) is 7.79. The van der Waals surface area contributed by atoms with Crippen molar-refractivity contribution in [2.45, 2.75) is 0 Å². The van der Waals surface area contributed by atoms with Gasteiger partial charge in [0.1, 0.15) is 13.2 Å². The highest BCUT2D eigenvalue weighted by molar-refractivity contribution is 14.1. The van der Waals surface area contributed by atoms with E-state index < -0.39 is 11.9 Å². The fourth-order valence-corrected chi connectivity index (χ4v) is 2.43. The third kappa shape index (κ3) is 53.6. The third-order valence-electron chi connectivity index (χ3n) is 4.45. The Morgan fingerprint density at radius 3 is 1.02 bits per heavy atom. The van der Waals surface area contributed by atoms with Crippen LogP contribution in [-0.4, -0.2) is 174 Å². The van der Waals surface area contributed by atoms with Crippen LogP contribution in [0.1, 0.15) is 0 Å². The van der Waals surface area contributed by atoms with E-state index in [1.54, 1.807) is 0 Å². The minimum atomic E-state index is -0.996. The average molecular weight is 799 g/mol. The maximum atomic E-state index is 10.7. The van der Waals surface area contributed by atoms with Crippen LogP contribution >= 0.6 is 22.6 Å². The number of carbonyl (C=O) groups is 2. The van der Waals surface area contributed by atoms with Crippen molar-refractivity contribution >= 4 is 34.5 Å². The zero-order valence-electron chi connectivity index (χ0n) is 27.4. The van der Waals surface area contributed by atoms with Crippen LogP contribution in [0.4, 0.5) is 0 Å². The molecule has 0 fully saturated rings. The number of hydrogen-bond donors (Lipinski definition) is 1. The summed E-state index contributed by atoms with van der Waals surface area (Å²) in [7, 11) is 1.31. The van der Waals surface area contributed by atoms with Gasteiger partial charge in [0.25, 0.3) is 0 Å². The lowest BCUT2D eigenvalue weighted by Crippen LogP contribution is -2.15. The Bertz CT molecular complexity index is 750. The van der Waals surface area contributed by atoms with Gasteiger partial charge in [0.2, 0.25) is 0 Å². The quantitative estimate of drug-likeness (QED) is 0.0186. The molecule has 0 aliphatic heterocycles. The molecular weight excluding hydrogens is 747 g/mol. The van der Waals surface area contributed by atoms with Gasteiger partial charge in [-0.1, -0.05) is 32.8 Å². The lowest BCUT2D eigenvalue weighted by atomic mass is 10.6. The summed E-state index contributed by atoms with van der Waals surface area (Å²) < 4.78 is 56.0. The van der Waals surface area contributed by atoms with Crippen molar-refractivity contribution in [3.05, 3.63) is 20.9 Å². The summed E-state index contributed by atoms with van der Waals surface area (Å²) in [4.78, 5) is 28.0. The molecule has 0 rings (SSSR count). The number of esters is 1. The number of methoxy groups -OCH3 is 1. The molecular formula is C26H51IN6O14. The van der Waals surface area contributed by atoms with Gasteiger partial charge in [0, 0.05) is 22.9 Å². The van der Waals surface area contributed by atoms with E-state index in [2.05, 4.69) is 47.4 Å². The predicted octanol–water partition coefficient (Wildman–Crippen LogP) is 2.07. The number of nitrogens with zero attached hydrogens (tertiary/aromatic N) is 6. The number of carboxylic acid groups (broad SMARTS) is 1. The van der Waals surface area contributed by atoms with Gasteiger partial charge in [-0.2, -0.15) is 0 Å². The lowest BCUT2D eigenvalue weighted by Gasteiger charge is -2.07. The van der Waals surface area contributed by atoms with Gasteiger partial charge in [-0.15, -0.1) is 0 Å². The molecule has 0 saturated heterocycles. The van der Waals surface area contributed by atoms with Gasteiger partial charge < -0.3 is 57.2 Å². The van der Waals surface area contributed by atoms with Crippen LogP contribution in [0.15, 0.2) is 10.2 Å². The number of halogens is 1. The number of carbonyl (C=O) groups excluding carboxylic acids is 1. The fourth-order valence-electron chi connectivity index (χ4n) is 2.43. The van der Waals surface area contributed by atoms with Crippen molar-refractivity contribution in [1.82, 2.24) is 0 Å². The molecule has 1 N–H and O–H groups in total. The molecule has 20 nitrogen and oxygen atoms in total. The van der Waals surface area contributed by atoms with Crippen LogP contribution in [0.3, 0.4) is 0 Å². The molecule has 0 aliphatic rings. The number of azide groups is 2. The molecule has 0 aliphatic carbocycles. The minimum absolute atomic E-state index is 0.0665. The lowest BCUT2D eigenvalue weighted by molar-refractivity contribution is -0.146. The van der Waals surface area contributed by atoms with Gasteiger partial charge in [0.05, 0.1) is 126 Å². The van der Waals surface area contributed by atoms with E-state index in [1.165, 1.54) is 7.11 Å². The topological polar surface area (TPSA) is 253 Å². The average Bonchev–Trinajstić information content (AvgIpc) is 3.08. The Kier molecular flexibility index (Phi) is 50.6. The normalized spacial score (nSPS) is 10.0. The SMILES string of the molecule is CI.COC(=O)COCCOCCOCCOCCOCCN=[N+]=[N-].[N-]=[N+]=NCCOCCOCCOCCOCCOCC(=O)O. The summed E-state index contributed by atoms with van der Waals surface area (Å²) in [5.41, 5.74) is 16.1. The Labute approximate surface area is 289 Å². The maximum Gasteiger partial charge on any atom is 0.331 e. The Morgan fingerprint density at radius 2 is 0.766 bits per heavy atom. The largest absolute Gasteiger partial charge is 0.480 e. The van der Waals surface area contributed by atoms with Gasteiger partial charge >= 0.3 is 11.9 Å². The molecule has 276 valence electrons. The summed E-state index contributed by atoms with van der Waals surface area (Å²) in [5, 5.41) is 15.0. The van der Waals surface area contributed by atoms with Crippen LogP contribution in [0, 0.1) is 0 Å². The molecule has 0 amide bonds. The standard InChI is InChI=1S/C13H25N3O7.C12H23N3O7.CH3I/c1-18-13(17)12-23-11-10-22-9-8-21-7-6-20-5-4-19-3-2-15-16-14;13-15-14-1-2-18-3-4-19-5-6-20-7-8-21-9-10-22-11-12(16)17;1-2/h2-12H2,1H3;1-11H2,(H,16,17);1H3. The van der Waals surface area contributed by atoms with E-state index in [1.807, 2.05) is 4.93 Å². The molecule has 0 aromatic rings. The summed E-state index contributed by atoms with van der Waals surface area (Å²) in [5.74, 6) is -1.40. The predicted molar refractivity (Wildman–Crippen MR) is 176 cm³/mol. The van der Waals surface area contributed by atoms with Gasteiger partial charge in [-0.05, 0) is 16.0 Å². The molecule has 0 aromatic carbocycles. The summed E-state index contributed by atoms with van der Waals surface area (Å²) in [6, 6.07) is 0. The zero-order chi connectivity index (χ0) is 35.3. The highest BCUT2D eigenvalue weighted by atomic mass is 127. The van der Waals surface area contributed by atoms with E-state index in [0.29, 0.717) is 125 Å².